The monoisotopic (exact) mass is 491 g/mol. The van der Waals surface area contributed by atoms with Gasteiger partial charge in [-0.15, -0.1) is 0 Å². The number of hydrogen-bond donors (Lipinski definition) is 0. The minimum Gasteiger partial charge on any atom is -0.493 e. The molecule has 8 heteroatoms. The Labute approximate surface area is 210 Å². The van der Waals surface area contributed by atoms with Crippen molar-refractivity contribution in [3.8, 4) is 34.5 Å². The maximum absolute atomic E-state index is 6.13. The Morgan fingerprint density at radius 3 is 1.56 bits per heavy atom. The van der Waals surface area contributed by atoms with Crippen LogP contribution in [0.4, 0.5) is 0 Å². The summed E-state index contributed by atoms with van der Waals surface area (Å²) in [6.45, 7) is 1.99. The molecule has 0 atom stereocenters. The minimum atomic E-state index is 0.441. The van der Waals surface area contributed by atoms with E-state index < -0.39 is 0 Å². The van der Waals surface area contributed by atoms with Crippen LogP contribution in [0.15, 0.2) is 46.9 Å². The van der Waals surface area contributed by atoms with Crippen LogP contribution >= 0.6 is 0 Å². The van der Waals surface area contributed by atoms with E-state index in [0.29, 0.717) is 40.4 Å². The van der Waals surface area contributed by atoms with Gasteiger partial charge in [0.2, 0.25) is 17.4 Å². The highest BCUT2D eigenvalue weighted by molar-refractivity contribution is 5.93. The third kappa shape index (κ3) is 4.49. The average Bonchev–Trinajstić information content (AvgIpc) is 3.34. The summed E-state index contributed by atoms with van der Waals surface area (Å²) >= 11 is 0. The quantitative estimate of drug-likeness (QED) is 0.292. The van der Waals surface area contributed by atoms with Gasteiger partial charge in [0.15, 0.2) is 28.6 Å². The molecule has 0 bridgehead atoms. The first-order chi connectivity index (χ1) is 17.5. The predicted molar refractivity (Wildman–Crippen MR) is 138 cm³/mol. The first-order valence-corrected chi connectivity index (χ1v) is 11.2. The molecule has 0 fully saturated rings. The Hall–Kier alpha value is -4.33. The van der Waals surface area contributed by atoms with E-state index >= 15 is 0 Å². The number of para-hydroxylation sites is 1. The molecule has 1 heterocycles. The van der Waals surface area contributed by atoms with Crippen molar-refractivity contribution in [1.82, 2.24) is 4.98 Å². The van der Waals surface area contributed by atoms with Crippen LogP contribution in [0.2, 0.25) is 0 Å². The number of oxazole rings is 1. The molecule has 36 heavy (non-hydrogen) atoms. The second-order valence-corrected chi connectivity index (χ2v) is 7.86. The Balaban J connectivity index is 2.02. The van der Waals surface area contributed by atoms with E-state index in [2.05, 4.69) is 4.98 Å². The zero-order chi connectivity index (χ0) is 25.8. The highest BCUT2D eigenvalue weighted by Crippen LogP contribution is 2.45. The zero-order valence-corrected chi connectivity index (χ0v) is 21.4. The van der Waals surface area contributed by atoms with Crippen LogP contribution in [0.25, 0.3) is 22.7 Å². The van der Waals surface area contributed by atoms with Crippen molar-refractivity contribution in [1.29, 1.82) is 0 Å². The first-order valence-electron chi connectivity index (χ1n) is 11.2. The predicted octanol–water partition coefficient (Wildman–Crippen LogP) is 5.78. The zero-order valence-electron chi connectivity index (χ0n) is 21.4. The fourth-order valence-electron chi connectivity index (χ4n) is 4.10. The molecule has 3 aromatic carbocycles. The molecule has 0 aliphatic rings. The van der Waals surface area contributed by atoms with E-state index in [0.717, 1.165) is 33.4 Å². The largest absolute Gasteiger partial charge is 0.493 e. The van der Waals surface area contributed by atoms with Crippen molar-refractivity contribution in [2.24, 2.45) is 0 Å². The van der Waals surface area contributed by atoms with Crippen molar-refractivity contribution in [2.75, 3.05) is 42.7 Å². The number of aryl methyl sites for hydroxylation is 1. The molecular formula is C28H29NO7. The summed E-state index contributed by atoms with van der Waals surface area (Å²) in [5, 5.41) is 0. The van der Waals surface area contributed by atoms with Gasteiger partial charge in [0.1, 0.15) is 5.52 Å². The number of benzene rings is 3. The number of nitrogens with zero attached hydrogens (tertiary/aromatic N) is 1. The van der Waals surface area contributed by atoms with Gasteiger partial charge in [0.05, 0.1) is 42.7 Å². The molecule has 4 aromatic rings. The summed E-state index contributed by atoms with van der Waals surface area (Å²) < 4.78 is 39.6. The topological polar surface area (TPSA) is 81.4 Å². The van der Waals surface area contributed by atoms with E-state index in [1.165, 1.54) is 0 Å². The van der Waals surface area contributed by atoms with Crippen LogP contribution in [0.5, 0.6) is 34.5 Å². The molecule has 0 unspecified atom stereocenters. The van der Waals surface area contributed by atoms with E-state index in [1.807, 2.05) is 55.5 Å². The molecule has 1 aromatic heterocycles. The average molecular weight is 492 g/mol. The molecule has 188 valence electrons. The van der Waals surface area contributed by atoms with E-state index in [4.69, 9.17) is 32.8 Å². The number of ether oxygens (including phenoxy) is 6. The van der Waals surface area contributed by atoms with E-state index in [-0.39, 0.29) is 0 Å². The number of hydrogen-bond acceptors (Lipinski definition) is 8. The van der Waals surface area contributed by atoms with Gasteiger partial charge in [-0.25, -0.2) is 4.98 Å². The lowest BCUT2D eigenvalue weighted by molar-refractivity contribution is 0.324. The van der Waals surface area contributed by atoms with Crippen LogP contribution in [0.3, 0.4) is 0 Å². The fraction of sp³-hybridized carbons (Fsp3) is 0.250. The maximum atomic E-state index is 6.13. The van der Waals surface area contributed by atoms with Crippen molar-refractivity contribution < 1.29 is 32.8 Å². The normalized spacial score (nSPS) is 10.6. The van der Waals surface area contributed by atoms with Crippen LogP contribution in [-0.2, 0) is 0 Å². The van der Waals surface area contributed by atoms with Gasteiger partial charge in [-0.1, -0.05) is 12.1 Å². The SMILES string of the molecule is COc1cc(C(=Cc2nc3cccc(C)c3o2)c2cc(OC)c(OC)c(OC)c2)cc(OC)c1OC. The molecule has 0 aliphatic heterocycles. The lowest BCUT2D eigenvalue weighted by Gasteiger charge is -2.18. The molecule has 0 N–H and O–H groups in total. The Morgan fingerprint density at radius 1 is 0.694 bits per heavy atom. The summed E-state index contributed by atoms with van der Waals surface area (Å²) in [6, 6.07) is 13.3. The molecule has 4 rings (SSSR count). The number of fused-ring (bicyclic) bond motifs is 1. The molecule has 0 saturated heterocycles. The molecular weight excluding hydrogens is 462 g/mol. The van der Waals surface area contributed by atoms with Crippen molar-refractivity contribution in [2.45, 2.75) is 6.92 Å². The maximum Gasteiger partial charge on any atom is 0.220 e. The third-order valence-electron chi connectivity index (χ3n) is 5.85. The van der Waals surface area contributed by atoms with E-state index in [1.54, 1.807) is 42.7 Å². The molecule has 0 aliphatic carbocycles. The number of methoxy groups -OCH3 is 6. The second-order valence-electron chi connectivity index (χ2n) is 7.86. The van der Waals surface area contributed by atoms with Crippen molar-refractivity contribution >= 4 is 22.7 Å². The van der Waals surface area contributed by atoms with E-state index in [9.17, 15) is 0 Å². The number of rotatable bonds is 9. The van der Waals surface area contributed by atoms with Crippen LogP contribution < -0.4 is 28.4 Å². The summed E-state index contributed by atoms with van der Waals surface area (Å²) in [5.74, 6) is 3.47. The van der Waals surface area contributed by atoms with Crippen LogP contribution in [0.1, 0.15) is 22.6 Å². The second kappa shape index (κ2) is 10.5. The highest BCUT2D eigenvalue weighted by Gasteiger charge is 2.21. The fourth-order valence-corrected chi connectivity index (χ4v) is 4.10. The minimum absolute atomic E-state index is 0.441. The Kier molecular flexibility index (Phi) is 7.24. The first kappa shape index (κ1) is 24.8. The van der Waals surface area contributed by atoms with Gasteiger partial charge in [0, 0.05) is 6.08 Å². The summed E-state index contributed by atoms with van der Waals surface area (Å²) in [4.78, 5) is 4.68. The Morgan fingerprint density at radius 2 is 1.17 bits per heavy atom. The molecule has 0 spiro atoms. The smallest absolute Gasteiger partial charge is 0.220 e. The summed E-state index contributed by atoms with van der Waals surface area (Å²) in [6.07, 6.45) is 1.86. The van der Waals surface area contributed by atoms with Gasteiger partial charge in [-0.3, -0.25) is 0 Å². The molecule has 0 amide bonds. The lowest BCUT2D eigenvalue weighted by atomic mass is 9.95. The Bertz CT molecular complexity index is 1310. The molecule has 8 nitrogen and oxygen atoms in total. The highest BCUT2D eigenvalue weighted by atomic mass is 16.5. The van der Waals surface area contributed by atoms with Crippen LogP contribution in [-0.4, -0.2) is 47.6 Å². The van der Waals surface area contributed by atoms with Gasteiger partial charge in [-0.2, -0.15) is 0 Å². The standard InChI is InChI=1S/C28H29NO7/c1-16-9-8-10-20-26(16)36-25(29-20)15-19(17-11-21(30-2)27(34-6)22(12-17)31-3)18-13-23(32-4)28(35-7)24(14-18)33-5/h8-15H,1-7H3. The van der Waals surface area contributed by atoms with Crippen molar-refractivity contribution in [3.05, 3.63) is 65.0 Å². The lowest BCUT2D eigenvalue weighted by Crippen LogP contribution is -2.00. The molecule has 0 saturated carbocycles. The van der Waals surface area contributed by atoms with Gasteiger partial charge < -0.3 is 32.8 Å². The summed E-state index contributed by atoms with van der Waals surface area (Å²) in [7, 11) is 9.44. The van der Waals surface area contributed by atoms with Gasteiger partial charge >= 0.3 is 0 Å². The third-order valence-corrected chi connectivity index (χ3v) is 5.85. The van der Waals surface area contributed by atoms with Gasteiger partial charge in [0.25, 0.3) is 0 Å². The summed E-state index contributed by atoms with van der Waals surface area (Å²) in [5.41, 5.74) is 4.82. The van der Waals surface area contributed by atoms with Crippen LogP contribution in [0, 0.1) is 6.92 Å². The molecule has 0 radical (unpaired) electrons. The van der Waals surface area contributed by atoms with Crippen molar-refractivity contribution in [3.63, 3.8) is 0 Å². The van der Waals surface area contributed by atoms with Gasteiger partial charge in [-0.05, 0) is 59.5 Å². The number of aromatic nitrogens is 1.